The molecule has 0 spiro atoms. The highest BCUT2D eigenvalue weighted by Crippen LogP contribution is 2.20. The predicted molar refractivity (Wildman–Crippen MR) is 55.7 cm³/mol. The van der Waals surface area contributed by atoms with Crippen molar-refractivity contribution in [1.82, 2.24) is 9.71 Å². The summed E-state index contributed by atoms with van der Waals surface area (Å²) in [4.78, 5) is 3.78. The summed E-state index contributed by atoms with van der Waals surface area (Å²) in [5, 5.41) is 0.192. The molecule has 0 aliphatic carbocycles. The van der Waals surface area contributed by atoms with E-state index in [-0.39, 0.29) is 10.1 Å². The van der Waals surface area contributed by atoms with Crippen molar-refractivity contribution in [2.75, 3.05) is 0 Å². The molecule has 0 unspecified atom stereocenters. The standard InChI is InChI=1S/C8H13ClN2OS/c1-8(2,3)13-11-5-6-4-10-7(9)12-6/h4,11H,5H2,1-3H3. The Hall–Kier alpha value is -0.190. The van der Waals surface area contributed by atoms with Gasteiger partial charge in [0, 0.05) is 4.75 Å². The van der Waals surface area contributed by atoms with E-state index in [9.17, 15) is 0 Å². The van der Waals surface area contributed by atoms with Crippen LogP contribution in [-0.2, 0) is 6.54 Å². The normalized spacial score (nSPS) is 12.0. The van der Waals surface area contributed by atoms with Gasteiger partial charge in [0.25, 0.3) is 5.35 Å². The third kappa shape index (κ3) is 4.55. The lowest BCUT2D eigenvalue weighted by molar-refractivity contribution is 0.502. The van der Waals surface area contributed by atoms with Gasteiger partial charge in [-0.05, 0) is 32.4 Å². The van der Waals surface area contributed by atoms with Crippen LogP contribution in [0, 0.1) is 0 Å². The van der Waals surface area contributed by atoms with Crippen LogP contribution in [0.2, 0.25) is 5.35 Å². The Balaban J connectivity index is 2.28. The summed E-state index contributed by atoms with van der Waals surface area (Å²) in [6.07, 6.45) is 1.62. The molecule has 1 aromatic heterocycles. The number of nitrogens with zero attached hydrogens (tertiary/aromatic N) is 1. The van der Waals surface area contributed by atoms with Crippen LogP contribution in [0.25, 0.3) is 0 Å². The Kier molecular flexibility index (Phi) is 3.64. The minimum absolute atomic E-state index is 0.192. The first kappa shape index (κ1) is 10.9. The van der Waals surface area contributed by atoms with Gasteiger partial charge >= 0.3 is 0 Å². The Morgan fingerprint density at radius 2 is 2.31 bits per heavy atom. The fraction of sp³-hybridized carbons (Fsp3) is 0.625. The summed E-state index contributed by atoms with van der Waals surface area (Å²) in [6, 6.07) is 0. The van der Waals surface area contributed by atoms with Crippen LogP contribution < -0.4 is 4.72 Å². The van der Waals surface area contributed by atoms with Crippen LogP contribution in [0.5, 0.6) is 0 Å². The maximum absolute atomic E-state index is 5.52. The molecule has 1 heterocycles. The first-order chi connectivity index (χ1) is 5.97. The third-order valence-corrected chi connectivity index (χ3v) is 2.23. The first-order valence-electron chi connectivity index (χ1n) is 3.98. The molecule has 0 aliphatic heterocycles. The predicted octanol–water partition coefficient (Wildman–Crippen LogP) is 2.86. The van der Waals surface area contributed by atoms with Crippen molar-refractivity contribution in [3.05, 3.63) is 17.3 Å². The van der Waals surface area contributed by atoms with Gasteiger partial charge in [-0.1, -0.05) is 11.9 Å². The Bertz CT molecular complexity index is 269. The van der Waals surface area contributed by atoms with Crippen molar-refractivity contribution in [2.24, 2.45) is 0 Å². The number of hydrogen-bond acceptors (Lipinski definition) is 4. The molecule has 1 N–H and O–H groups in total. The fourth-order valence-corrected chi connectivity index (χ4v) is 1.48. The Morgan fingerprint density at radius 1 is 1.62 bits per heavy atom. The second-order valence-corrected chi connectivity index (χ2v) is 5.66. The van der Waals surface area contributed by atoms with Crippen molar-refractivity contribution in [2.45, 2.75) is 32.1 Å². The minimum Gasteiger partial charge on any atom is -0.431 e. The second kappa shape index (κ2) is 4.35. The first-order valence-corrected chi connectivity index (χ1v) is 5.18. The average molecular weight is 221 g/mol. The lowest BCUT2D eigenvalue weighted by Crippen LogP contribution is -2.16. The molecule has 0 atom stereocenters. The zero-order valence-electron chi connectivity index (χ0n) is 7.93. The molecule has 1 rings (SSSR count). The van der Waals surface area contributed by atoms with Gasteiger partial charge < -0.3 is 4.42 Å². The number of nitrogens with one attached hydrogen (secondary N) is 1. The topological polar surface area (TPSA) is 38.1 Å². The molecule has 0 saturated heterocycles. The van der Waals surface area contributed by atoms with Crippen LogP contribution in [0.4, 0.5) is 0 Å². The van der Waals surface area contributed by atoms with Crippen molar-refractivity contribution < 1.29 is 4.42 Å². The van der Waals surface area contributed by atoms with Crippen LogP contribution in [0.3, 0.4) is 0 Å². The third-order valence-electron chi connectivity index (χ3n) is 1.15. The summed E-state index contributed by atoms with van der Waals surface area (Å²) in [6.45, 7) is 7.05. The van der Waals surface area contributed by atoms with Gasteiger partial charge in [0.15, 0.2) is 0 Å². The number of aromatic nitrogens is 1. The summed E-state index contributed by atoms with van der Waals surface area (Å²) >= 11 is 7.17. The lowest BCUT2D eigenvalue weighted by Gasteiger charge is -2.16. The molecule has 3 nitrogen and oxygen atoms in total. The van der Waals surface area contributed by atoms with E-state index >= 15 is 0 Å². The molecule has 0 bridgehead atoms. The zero-order chi connectivity index (χ0) is 9.90. The van der Waals surface area contributed by atoms with Crippen LogP contribution in [-0.4, -0.2) is 9.73 Å². The van der Waals surface area contributed by atoms with E-state index in [4.69, 9.17) is 16.0 Å². The molecule has 0 aliphatic rings. The summed E-state index contributed by atoms with van der Waals surface area (Å²) < 4.78 is 8.45. The number of rotatable bonds is 3. The molecule has 0 amide bonds. The molecule has 0 saturated carbocycles. The van der Waals surface area contributed by atoms with Gasteiger partial charge in [-0.3, -0.25) is 4.72 Å². The monoisotopic (exact) mass is 220 g/mol. The molecule has 13 heavy (non-hydrogen) atoms. The second-order valence-electron chi connectivity index (χ2n) is 3.62. The minimum atomic E-state index is 0.192. The van der Waals surface area contributed by atoms with Crippen molar-refractivity contribution in [3.63, 3.8) is 0 Å². The molecular formula is C8H13ClN2OS. The largest absolute Gasteiger partial charge is 0.431 e. The van der Waals surface area contributed by atoms with Gasteiger partial charge in [-0.15, -0.1) is 0 Å². The molecule has 0 radical (unpaired) electrons. The van der Waals surface area contributed by atoms with E-state index in [0.29, 0.717) is 6.54 Å². The lowest BCUT2D eigenvalue weighted by atomic mass is 10.3. The fourth-order valence-electron chi connectivity index (χ4n) is 0.689. The highest BCUT2D eigenvalue weighted by Gasteiger charge is 2.10. The van der Waals surface area contributed by atoms with E-state index in [1.54, 1.807) is 18.1 Å². The van der Waals surface area contributed by atoms with Gasteiger partial charge in [0.2, 0.25) is 0 Å². The highest BCUT2D eigenvalue weighted by molar-refractivity contribution is 7.98. The maximum Gasteiger partial charge on any atom is 0.292 e. The Morgan fingerprint density at radius 3 is 2.77 bits per heavy atom. The van der Waals surface area contributed by atoms with E-state index in [0.717, 1.165) is 5.76 Å². The number of halogens is 1. The van der Waals surface area contributed by atoms with Crippen molar-refractivity contribution in [1.29, 1.82) is 0 Å². The maximum atomic E-state index is 5.52. The Labute approximate surface area is 87.4 Å². The summed E-state index contributed by atoms with van der Waals surface area (Å²) in [5.74, 6) is 0.752. The number of hydrogen-bond donors (Lipinski definition) is 1. The highest BCUT2D eigenvalue weighted by atomic mass is 35.5. The smallest absolute Gasteiger partial charge is 0.292 e. The van der Waals surface area contributed by atoms with Crippen LogP contribution >= 0.6 is 23.5 Å². The van der Waals surface area contributed by atoms with E-state index < -0.39 is 0 Å². The summed E-state index contributed by atoms with van der Waals surface area (Å²) in [7, 11) is 0. The quantitative estimate of drug-likeness (QED) is 0.795. The molecular weight excluding hydrogens is 208 g/mol. The van der Waals surface area contributed by atoms with E-state index in [2.05, 4.69) is 30.5 Å². The summed E-state index contributed by atoms with van der Waals surface area (Å²) in [5.41, 5.74) is 0. The zero-order valence-corrected chi connectivity index (χ0v) is 9.50. The van der Waals surface area contributed by atoms with Crippen LogP contribution in [0.15, 0.2) is 10.6 Å². The molecule has 0 aromatic carbocycles. The van der Waals surface area contributed by atoms with Crippen molar-refractivity contribution in [3.8, 4) is 0 Å². The van der Waals surface area contributed by atoms with Gasteiger partial charge in [-0.2, -0.15) is 0 Å². The van der Waals surface area contributed by atoms with Crippen molar-refractivity contribution >= 4 is 23.5 Å². The average Bonchev–Trinajstić information content (AvgIpc) is 2.33. The SMILES string of the molecule is CC(C)(C)SNCc1cnc(Cl)o1. The van der Waals surface area contributed by atoms with Gasteiger partial charge in [0.05, 0.1) is 12.7 Å². The van der Waals surface area contributed by atoms with Gasteiger partial charge in [-0.25, -0.2) is 4.98 Å². The van der Waals surface area contributed by atoms with E-state index in [1.165, 1.54) is 0 Å². The molecule has 1 aromatic rings. The van der Waals surface area contributed by atoms with Crippen LogP contribution in [0.1, 0.15) is 26.5 Å². The molecule has 74 valence electrons. The molecule has 5 heteroatoms. The van der Waals surface area contributed by atoms with E-state index in [1.807, 2.05) is 0 Å². The number of oxazole rings is 1. The van der Waals surface area contributed by atoms with Gasteiger partial charge in [0.1, 0.15) is 5.76 Å². The molecule has 0 fully saturated rings.